The summed E-state index contributed by atoms with van der Waals surface area (Å²) in [6.45, 7) is 2.77. The first-order valence-electron chi connectivity index (χ1n) is 12.7. The molecule has 1 N–H and O–H groups in total. The first-order chi connectivity index (χ1) is 19.1. The van der Waals surface area contributed by atoms with Gasteiger partial charge in [0.1, 0.15) is 0 Å². The zero-order valence-corrected chi connectivity index (χ0v) is 22.1. The first kappa shape index (κ1) is 24.6. The van der Waals surface area contributed by atoms with Crippen molar-refractivity contribution in [2.24, 2.45) is 5.10 Å². The van der Waals surface area contributed by atoms with E-state index in [1.807, 2.05) is 97.1 Å². The van der Waals surface area contributed by atoms with Gasteiger partial charge in [-0.05, 0) is 42.8 Å². The second-order valence-electron chi connectivity index (χ2n) is 9.37. The number of para-hydroxylation sites is 2. The Morgan fingerprint density at radius 3 is 2.38 bits per heavy atom. The van der Waals surface area contributed by atoms with Crippen LogP contribution in [0.4, 0.5) is 0 Å². The number of hydrazone groups is 1. The molecule has 0 aliphatic heterocycles. The molecule has 0 bridgehead atoms. The van der Waals surface area contributed by atoms with E-state index < -0.39 is 0 Å². The second kappa shape index (κ2) is 10.6. The Morgan fingerprint density at radius 1 is 0.897 bits per heavy atom. The minimum Gasteiger partial charge on any atom is -0.340 e. The Bertz CT molecular complexity index is 1840. The molecule has 1 amide bonds. The number of aromatic nitrogens is 2. The van der Waals surface area contributed by atoms with Crippen molar-refractivity contribution in [2.45, 2.75) is 13.5 Å². The molecule has 0 spiro atoms. The molecule has 2 heterocycles. The zero-order valence-electron chi connectivity index (χ0n) is 21.3. The molecule has 39 heavy (non-hydrogen) atoms. The fraction of sp³-hybridized carbons (Fsp3) is 0.0606. The number of halogens is 1. The predicted octanol–water partition coefficient (Wildman–Crippen LogP) is 7.63. The molecule has 0 fully saturated rings. The molecule has 6 rings (SSSR count). The minimum absolute atomic E-state index is 0.287. The Labute approximate surface area is 231 Å². The zero-order chi connectivity index (χ0) is 26.8. The van der Waals surface area contributed by atoms with E-state index in [2.05, 4.69) is 34.2 Å². The summed E-state index contributed by atoms with van der Waals surface area (Å²) < 4.78 is 2.25. The number of nitrogens with one attached hydrogen (secondary N) is 1. The van der Waals surface area contributed by atoms with Gasteiger partial charge in [-0.25, -0.2) is 10.4 Å². The Hall–Kier alpha value is -4.74. The summed E-state index contributed by atoms with van der Waals surface area (Å²) in [6, 6.07) is 35.4. The lowest BCUT2D eigenvalue weighted by molar-refractivity contribution is 0.0956. The van der Waals surface area contributed by atoms with Crippen molar-refractivity contribution in [3.63, 3.8) is 0 Å². The molecular weight excluding hydrogens is 504 g/mol. The van der Waals surface area contributed by atoms with Crippen LogP contribution in [0.2, 0.25) is 5.02 Å². The summed E-state index contributed by atoms with van der Waals surface area (Å²) in [7, 11) is 0. The maximum Gasteiger partial charge on any atom is 0.272 e. The molecule has 5 nitrogen and oxygen atoms in total. The molecule has 190 valence electrons. The lowest BCUT2D eigenvalue weighted by Crippen LogP contribution is -2.18. The Kier molecular flexibility index (Phi) is 6.66. The number of amides is 1. The summed E-state index contributed by atoms with van der Waals surface area (Å²) in [4.78, 5) is 18.2. The molecule has 2 aromatic heterocycles. The number of benzene rings is 4. The van der Waals surface area contributed by atoms with E-state index in [1.165, 1.54) is 0 Å². The van der Waals surface area contributed by atoms with Gasteiger partial charge in [0.2, 0.25) is 0 Å². The van der Waals surface area contributed by atoms with E-state index in [9.17, 15) is 4.79 Å². The van der Waals surface area contributed by atoms with Crippen molar-refractivity contribution in [1.82, 2.24) is 15.0 Å². The largest absolute Gasteiger partial charge is 0.340 e. The Balaban J connectivity index is 1.32. The number of hydrogen-bond acceptors (Lipinski definition) is 3. The van der Waals surface area contributed by atoms with Crippen LogP contribution in [0.3, 0.4) is 0 Å². The van der Waals surface area contributed by atoms with E-state index in [0.717, 1.165) is 49.9 Å². The lowest BCUT2D eigenvalue weighted by atomic mass is 10.0. The van der Waals surface area contributed by atoms with Gasteiger partial charge in [0.25, 0.3) is 5.91 Å². The normalized spacial score (nSPS) is 11.4. The molecule has 4 aromatic carbocycles. The molecule has 0 saturated heterocycles. The van der Waals surface area contributed by atoms with Crippen LogP contribution in [0.5, 0.6) is 0 Å². The molecule has 0 radical (unpaired) electrons. The van der Waals surface area contributed by atoms with E-state index in [1.54, 1.807) is 6.21 Å². The van der Waals surface area contributed by atoms with Gasteiger partial charge in [0.05, 0.1) is 23.0 Å². The third kappa shape index (κ3) is 4.92. The fourth-order valence-electron chi connectivity index (χ4n) is 4.93. The number of pyridine rings is 1. The van der Waals surface area contributed by atoms with Crippen molar-refractivity contribution in [2.75, 3.05) is 0 Å². The highest BCUT2D eigenvalue weighted by molar-refractivity contribution is 6.30. The van der Waals surface area contributed by atoms with Crippen molar-refractivity contribution in [1.29, 1.82) is 0 Å². The number of hydrogen-bond donors (Lipinski definition) is 1. The predicted molar refractivity (Wildman–Crippen MR) is 159 cm³/mol. The topological polar surface area (TPSA) is 59.3 Å². The molecule has 0 aliphatic carbocycles. The molecular formula is C33H25ClN4O. The number of nitrogens with zero attached hydrogens (tertiary/aromatic N) is 3. The number of carbonyl (C=O) groups is 1. The smallest absolute Gasteiger partial charge is 0.272 e. The molecule has 0 atom stereocenters. The molecule has 0 saturated carbocycles. The van der Waals surface area contributed by atoms with E-state index in [4.69, 9.17) is 16.6 Å². The summed E-state index contributed by atoms with van der Waals surface area (Å²) >= 11 is 6.08. The SMILES string of the molecule is Cc1c(/C=N/NC(=O)c2cc(-c3ccccc3)nc3ccccc23)c2ccccc2n1Cc1ccc(Cl)cc1. The van der Waals surface area contributed by atoms with Gasteiger partial charge in [0.15, 0.2) is 0 Å². The van der Waals surface area contributed by atoms with Gasteiger partial charge in [-0.15, -0.1) is 0 Å². The highest BCUT2D eigenvalue weighted by Crippen LogP contribution is 2.27. The van der Waals surface area contributed by atoms with Gasteiger partial charge in [-0.2, -0.15) is 5.10 Å². The second-order valence-corrected chi connectivity index (χ2v) is 9.80. The van der Waals surface area contributed by atoms with E-state index in [-0.39, 0.29) is 5.91 Å². The fourth-order valence-corrected chi connectivity index (χ4v) is 5.06. The third-order valence-electron chi connectivity index (χ3n) is 6.92. The van der Waals surface area contributed by atoms with E-state index >= 15 is 0 Å². The summed E-state index contributed by atoms with van der Waals surface area (Å²) in [5, 5.41) is 6.96. The number of rotatable bonds is 6. The van der Waals surface area contributed by atoms with Crippen molar-refractivity contribution >= 4 is 45.5 Å². The van der Waals surface area contributed by atoms with Crippen molar-refractivity contribution in [3.8, 4) is 11.3 Å². The van der Waals surface area contributed by atoms with Crippen molar-refractivity contribution < 1.29 is 4.79 Å². The molecule has 0 unspecified atom stereocenters. The quantitative estimate of drug-likeness (QED) is 0.178. The van der Waals surface area contributed by atoms with Crippen LogP contribution in [0.1, 0.15) is 27.2 Å². The number of carbonyl (C=O) groups excluding carboxylic acids is 1. The van der Waals surface area contributed by atoms with Crippen LogP contribution in [0.15, 0.2) is 114 Å². The third-order valence-corrected chi connectivity index (χ3v) is 7.18. The average Bonchev–Trinajstić information content (AvgIpc) is 3.24. The van der Waals surface area contributed by atoms with Gasteiger partial charge in [0, 0.05) is 44.7 Å². The molecule has 6 heteroatoms. The Morgan fingerprint density at radius 2 is 1.59 bits per heavy atom. The molecule has 0 aliphatic rings. The van der Waals surface area contributed by atoms with Crippen LogP contribution in [-0.4, -0.2) is 21.7 Å². The summed E-state index contributed by atoms with van der Waals surface area (Å²) in [5.41, 5.74) is 10.0. The summed E-state index contributed by atoms with van der Waals surface area (Å²) in [6.07, 6.45) is 1.73. The van der Waals surface area contributed by atoms with Crippen LogP contribution in [0, 0.1) is 6.92 Å². The van der Waals surface area contributed by atoms with E-state index in [0.29, 0.717) is 17.1 Å². The van der Waals surface area contributed by atoms with Gasteiger partial charge in [-0.1, -0.05) is 90.5 Å². The van der Waals surface area contributed by atoms with Gasteiger partial charge in [-0.3, -0.25) is 4.79 Å². The molecule has 6 aromatic rings. The first-order valence-corrected chi connectivity index (χ1v) is 13.1. The monoisotopic (exact) mass is 528 g/mol. The van der Waals surface area contributed by atoms with Crippen LogP contribution in [0.25, 0.3) is 33.1 Å². The van der Waals surface area contributed by atoms with Crippen LogP contribution in [-0.2, 0) is 6.54 Å². The highest BCUT2D eigenvalue weighted by atomic mass is 35.5. The standard InChI is InChI=1S/C33H25ClN4O/c1-22-29(27-12-6-8-14-32(27)38(22)21-23-15-17-25(34)18-16-23)20-35-37-33(39)28-19-31(24-9-3-2-4-10-24)36-30-13-7-5-11-26(28)30/h2-20H,21H2,1H3,(H,37,39)/b35-20+. The summed E-state index contributed by atoms with van der Waals surface area (Å²) in [5.74, 6) is -0.287. The lowest BCUT2D eigenvalue weighted by Gasteiger charge is -2.09. The average molecular weight is 529 g/mol. The van der Waals surface area contributed by atoms with Gasteiger partial charge < -0.3 is 4.57 Å². The van der Waals surface area contributed by atoms with Crippen molar-refractivity contribution in [3.05, 3.63) is 137 Å². The van der Waals surface area contributed by atoms with Crippen LogP contribution < -0.4 is 5.43 Å². The number of fused-ring (bicyclic) bond motifs is 2. The minimum atomic E-state index is -0.287. The van der Waals surface area contributed by atoms with Crippen LogP contribution >= 0.6 is 11.6 Å². The maximum absolute atomic E-state index is 13.4. The highest BCUT2D eigenvalue weighted by Gasteiger charge is 2.15. The maximum atomic E-state index is 13.4. The van der Waals surface area contributed by atoms with Gasteiger partial charge >= 0.3 is 0 Å².